The number of rotatable bonds is 6. The van der Waals surface area contributed by atoms with Gasteiger partial charge in [-0.15, -0.1) is 0 Å². The van der Waals surface area contributed by atoms with Gasteiger partial charge in [0, 0.05) is 0 Å². The average molecular weight is 299 g/mol. The molecule has 5 nitrogen and oxygen atoms in total. The Morgan fingerprint density at radius 1 is 1.25 bits per heavy atom. The first-order valence-corrected chi connectivity index (χ1v) is 8.16. The van der Waals surface area contributed by atoms with Crippen LogP contribution in [0.1, 0.15) is 25.0 Å². The Kier molecular flexibility index (Phi) is 5.56. The van der Waals surface area contributed by atoms with E-state index in [1.807, 2.05) is 26.0 Å². The van der Waals surface area contributed by atoms with Gasteiger partial charge in [0.2, 0.25) is 10.0 Å². The van der Waals surface area contributed by atoms with Crippen molar-refractivity contribution in [1.82, 2.24) is 0 Å². The highest BCUT2D eigenvalue weighted by atomic mass is 32.2. The van der Waals surface area contributed by atoms with Gasteiger partial charge in [-0.3, -0.25) is 9.10 Å². The second kappa shape index (κ2) is 6.74. The second-order valence-corrected chi connectivity index (χ2v) is 6.68. The van der Waals surface area contributed by atoms with E-state index in [4.69, 9.17) is 4.74 Å². The molecule has 0 N–H and O–H groups in total. The predicted molar refractivity (Wildman–Crippen MR) is 79.4 cm³/mol. The maximum Gasteiger partial charge on any atom is 0.326 e. The molecular formula is C14H21NO4S. The highest BCUT2D eigenvalue weighted by molar-refractivity contribution is 7.92. The number of hydrogen-bond donors (Lipinski definition) is 0. The van der Waals surface area contributed by atoms with Gasteiger partial charge in [-0.05, 0) is 44.9 Å². The largest absolute Gasteiger partial charge is 0.465 e. The van der Waals surface area contributed by atoms with E-state index in [-0.39, 0.29) is 18.9 Å². The lowest BCUT2D eigenvalue weighted by molar-refractivity contribution is -0.141. The zero-order valence-corrected chi connectivity index (χ0v) is 13.2. The van der Waals surface area contributed by atoms with Crippen molar-refractivity contribution >= 4 is 21.7 Å². The fourth-order valence-electron chi connectivity index (χ4n) is 1.80. The van der Waals surface area contributed by atoms with Gasteiger partial charge in [0.15, 0.2) is 0 Å². The molecule has 0 aliphatic carbocycles. The summed E-state index contributed by atoms with van der Waals surface area (Å²) in [5, 5.41) is 0. The fraction of sp³-hybridized carbons (Fsp3) is 0.500. The predicted octanol–water partition coefficient (Wildman–Crippen LogP) is 2.02. The van der Waals surface area contributed by atoms with E-state index < -0.39 is 16.0 Å². The van der Waals surface area contributed by atoms with Gasteiger partial charge in [-0.1, -0.05) is 12.1 Å². The summed E-state index contributed by atoms with van der Waals surface area (Å²) in [5.41, 5.74) is 2.27. The zero-order chi connectivity index (χ0) is 15.3. The SMILES string of the molecule is CCOC(=O)CN(c1cc(C)ccc1C)S(=O)(=O)CC. The van der Waals surface area contributed by atoms with E-state index in [1.54, 1.807) is 19.9 Å². The number of benzene rings is 1. The van der Waals surface area contributed by atoms with Crippen LogP contribution in [0, 0.1) is 13.8 Å². The minimum absolute atomic E-state index is 0.0697. The van der Waals surface area contributed by atoms with Crippen LogP contribution < -0.4 is 4.31 Å². The van der Waals surface area contributed by atoms with Gasteiger partial charge in [-0.25, -0.2) is 8.42 Å². The number of hydrogen-bond acceptors (Lipinski definition) is 4. The Morgan fingerprint density at radius 3 is 2.45 bits per heavy atom. The molecule has 0 atom stereocenters. The molecule has 0 amide bonds. The van der Waals surface area contributed by atoms with Gasteiger partial charge >= 0.3 is 5.97 Å². The minimum atomic E-state index is -3.53. The molecule has 0 heterocycles. The molecule has 0 saturated carbocycles. The second-order valence-electron chi connectivity index (χ2n) is 4.50. The zero-order valence-electron chi connectivity index (χ0n) is 12.3. The maximum atomic E-state index is 12.2. The van der Waals surface area contributed by atoms with Crippen molar-refractivity contribution in [1.29, 1.82) is 0 Å². The standard InChI is InChI=1S/C14H21NO4S/c1-5-19-14(16)10-15(20(17,18)6-2)13-9-11(3)7-8-12(13)4/h7-9H,5-6,10H2,1-4H3. The van der Waals surface area contributed by atoms with Crippen LogP contribution in [-0.4, -0.2) is 33.3 Å². The van der Waals surface area contributed by atoms with Gasteiger partial charge in [-0.2, -0.15) is 0 Å². The Hall–Kier alpha value is -1.56. The van der Waals surface area contributed by atoms with E-state index >= 15 is 0 Å². The first-order valence-electron chi connectivity index (χ1n) is 6.55. The number of carbonyl (C=O) groups is 1. The van der Waals surface area contributed by atoms with Crippen LogP contribution in [0.25, 0.3) is 0 Å². The van der Waals surface area contributed by atoms with Crippen LogP contribution in [0.5, 0.6) is 0 Å². The van der Waals surface area contributed by atoms with E-state index in [2.05, 4.69) is 0 Å². The van der Waals surface area contributed by atoms with Crippen molar-refractivity contribution in [2.45, 2.75) is 27.7 Å². The number of aryl methyl sites for hydroxylation is 2. The lowest BCUT2D eigenvalue weighted by Crippen LogP contribution is -2.38. The molecule has 0 aliphatic rings. The summed E-state index contributed by atoms with van der Waals surface area (Å²) in [4.78, 5) is 11.7. The quantitative estimate of drug-likeness (QED) is 0.754. The fourth-order valence-corrected chi connectivity index (χ4v) is 2.91. The first kappa shape index (κ1) is 16.5. The van der Waals surface area contributed by atoms with Gasteiger partial charge < -0.3 is 4.74 Å². The number of sulfonamides is 1. The van der Waals surface area contributed by atoms with Crippen LogP contribution in [0.15, 0.2) is 18.2 Å². The van der Waals surface area contributed by atoms with Crippen molar-refractivity contribution < 1.29 is 17.9 Å². The van der Waals surface area contributed by atoms with Crippen molar-refractivity contribution in [2.24, 2.45) is 0 Å². The molecule has 20 heavy (non-hydrogen) atoms. The summed E-state index contributed by atoms with van der Waals surface area (Å²) in [6.45, 7) is 6.87. The maximum absolute atomic E-state index is 12.2. The smallest absolute Gasteiger partial charge is 0.326 e. The first-order chi connectivity index (χ1) is 9.31. The molecule has 0 bridgehead atoms. The summed E-state index contributed by atoms with van der Waals surface area (Å²) >= 11 is 0. The number of carbonyl (C=O) groups excluding carboxylic acids is 1. The molecule has 6 heteroatoms. The summed E-state index contributed by atoms with van der Waals surface area (Å²) in [7, 11) is -3.53. The minimum Gasteiger partial charge on any atom is -0.465 e. The van der Waals surface area contributed by atoms with Crippen LogP contribution in [0.4, 0.5) is 5.69 Å². The van der Waals surface area contributed by atoms with Crippen LogP contribution >= 0.6 is 0 Å². The lowest BCUT2D eigenvalue weighted by atomic mass is 10.1. The number of nitrogens with zero attached hydrogens (tertiary/aromatic N) is 1. The Bertz CT molecular complexity index is 581. The molecule has 0 aromatic heterocycles. The molecule has 0 radical (unpaired) electrons. The van der Waals surface area contributed by atoms with E-state index in [9.17, 15) is 13.2 Å². The molecule has 1 aromatic carbocycles. The van der Waals surface area contributed by atoms with Gasteiger partial charge in [0.1, 0.15) is 6.54 Å². The Balaban J connectivity index is 3.24. The van der Waals surface area contributed by atoms with Crippen LogP contribution in [-0.2, 0) is 19.6 Å². The van der Waals surface area contributed by atoms with Gasteiger partial charge in [0.05, 0.1) is 18.0 Å². The average Bonchev–Trinajstić information content (AvgIpc) is 2.39. The number of anilines is 1. The van der Waals surface area contributed by atoms with Crippen LogP contribution in [0.3, 0.4) is 0 Å². The monoisotopic (exact) mass is 299 g/mol. The number of ether oxygens (including phenoxy) is 1. The molecule has 0 aliphatic heterocycles. The summed E-state index contributed by atoms with van der Waals surface area (Å²) in [6, 6.07) is 5.51. The summed E-state index contributed by atoms with van der Waals surface area (Å²) in [6.07, 6.45) is 0. The number of esters is 1. The highest BCUT2D eigenvalue weighted by Gasteiger charge is 2.25. The third kappa shape index (κ3) is 3.96. The molecule has 1 rings (SSSR count). The van der Waals surface area contributed by atoms with Crippen LogP contribution in [0.2, 0.25) is 0 Å². The summed E-state index contributed by atoms with van der Waals surface area (Å²) in [5.74, 6) is -0.620. The molecule has 0 saturated heterocycles. The molecular weight excluding hydrogens is 278 g/mol. The van der Waals surface area contributed by atoms with Gasteiger partial charge in [0.25, 0.3) is 0 Å². The van der Waals surface area contributed by atoms with E-state index in [0.717, 1.165) is 15.4 Å². The van der Waals surface area contributed by atoms with E-state index in [1.165, 1.54) is 0 Å². The summed E-state index contributed by atoms with van der Waals surface area (Å²) < 4.78 is 30.4. The lowest BCUT2D eigenvalue weighted by Gasteiger charge is -2.24. The van der Waals surface area contributed by atoms with Crippen molar-refractivity contribution in [3.63, 3.8) is 0 Å². The van der Waals surface area contributed by atoms with E-state index in [0.29, 0.717) is 5.69 Å². The third-order valence-corrected chi connectivity index (χ3v) is 4.64. The third-order valence-electron chi connectivity index (χ3n) is 2.91. The highest BCUT2D eigenvalue weighted by Crippen LogP contribution is 2.24. The molecule has 0 spiro atoms. The van der Waals surface area contributed by atoms with Crippen molar-refractivity contribution in [3.8, 4) is 0 Å². The Labute approximate surface area is 120 Å². The van der Waals surface area contributed by atoms with Crippen molar-refractivity contribution in [3.05, 3.63) is 29.3 Å². The molecule has 112 valence electrons. The topological polar surface area (TPSA) is 63.7 Å². The molecule has 0 unspecified atom stereocenters. The normalized spacial score (nSPS) is 11.2. The Morgan fingerprint density at radius 2 is 1.90 bits per heavy atom. The molecule has 0 fully saturated rings. The van der Waals surface area contributed by atoms with Crippen molar-refractivity contribution in [2.75, 3.05) is 23.2 Å². The molecule has 1 aromatic rings.